The molecule has 6 heteroatoms. The monoisotopic (exact) mass is 386 g/mol. The van der Waals surface area contributed by atoms with E-state index >= 15 is 0 Å². The summed E-state index contributed by atoms with van der Waals surface area (Å²) in [5, 5.41) is 10.6. The summed E-state index contributed by atoms with van der Waals surface area (Å²) in [5.41, 5.74) is 3.78. The van der Waals surface area contributed by atoms with Crippen LogP contribution in [-0.2, 0) is 6.54 Å². The number of aliphatic hydroxyl groups is 1. The van der Waals surface area contributed by atoms with Gasteiger partial charge in [0, 0.05) is 28.9 Å². The highest BCUT2D eigenvalue weighted by molar-refractivity contribution is 6.30. The number of hydrogen-bond acceptors (Lipinski definition) is 3. The molecule has 1 atom stereocenters. The summed E-state index contributed by atoms with van der Waals surface area (Å²) in [6.45, 7) is 5.74. The quantitative estimate of drug-likeness (QED) is 0.657. The Morgan fingerprint density at radius 3 is 2.48 bits per heavy atom. The number of furan rings is 1. The van der Waals surface area contributed by atoms with Gasteiger partial charge in [0.25, 0.3) is 5.91 Å². The molecule has 27 heavy (non-hydrogen) atoms. The summed E-state index contributed by atoms with van der Waals surface area (Å²) in [5.74, 6) is 1.27. The minimum absolute atomic E-state index is 0.146. The minimum Gasteiger partial charge on any atom is -0.459 e. The highest BCUT2D eigenvalue weighted by Gasteiger charge is 2.23. The molecule has 0 unspecified atom stereocenters. The van der Waals surface area contributed by atoms with Crippen molar-refractivity contribution in [2.75, 3.05) is 7.05 Å². The first-order valence-corrected chi connectivity index (χ1v) is 9.13. The minimum atomic E-state index is -0.625. The average Bonchev–Trinajstić information content (AvgIpc) is 3.19. The Labute approximate surface area is 163 Å². The van der Waals surface area contributed by atoms with Gasteiger partial charge in [-0.05, 0) is 62.7 Å². The summed E-state index contributed by atoms with van der Waals surface area (Å²) < 4.78 is 5.88. The topological polar surface area (TPSA) is 69.5 Å². The Balaban J connectivity index is 1.76. The zero-order valence-electron chi connectivity index (χ0n) is 15.8. The zero-order chi connectivity index (χ0) is 19.7. The predicted octanol–water partition coefficient (Wildman–Crippen LogP) is 4.87. The summed E-state index contributed by atoms with van der Waals surface area (Å²) in [4.78, 5) is 17.5. The number of nitrogens with one attached hydrogen (secondary N) is 1. The number of aromatic amines is 1. The van der Waals surface area contributed by atoms with E-state index in [0.29, 0.717) is 23.0 Å². The smallest absolute Gasteiger partial charge is 0.270 e. The van der Waals surface area contributed by atoms with Gasteiger partial charge in [-0.25, -0.2) is 0 Å². The standard InChI is InChI=1S/C21H23ClN2O3/c1-12-19(14(3)25)13(2)23-20(12)21(26)24(4)11-17-9-10-18(27-17)15-5-7-16(22)8-6-15/h5-10,14,23,25H,11H2,1-4H3/t14-/m0/s1. The molecule has 2 aromatic heterocycles. The second-order valence-corrected chi connectivity index (χ2v) is 7.21. The van der Waals surface area contributed by atoms with Crippen molar-refractivity contribution in [3.63, 3.8) is 0 Å². The van der Waals surface area contributed by atoms with Crippen LogP contribution in [-0.4, -0.2) is 27.9 Å². The van der Waals surface area contributed by atoms with Crippen LogP contribution >= 0.6 is 11.6 Å². The second-order valence-electron chi connectivity index (χ2n) is 6.77. The first kappa shape index (κ1) is 19.3. The molecule has 3 rings (SSSR count). The van der Waals surface area contributed by atoms with Gasteiger partial charge in [-0.1, -0.05) is 11.6 Å². The van der Waals surface area contributed by atoms with E-state index in [0.717, 1.165) is 28.1 Å². The number of hydrogen-bond donors (Lipinski definition) is 2. The van der Waals surface area contributed by atoms with Crippen LogP contribution in [0.2, 0.25) is 5.02 Å². The van der Waals surface area contributed by atoms with Crippen molar-refractivity contribution in [2.45, 2.75) is 33.4 Å². The van der Waals surface area contributed by atoms with E-state index in [2.05, 4.69) is 4.98 Å². The molecule has 0 aliphatic rings. The van der Waals surface area contributed by atoms with Crippen molar-refractivity contribution in [3.05, 3.63) is 69.7 Å². The van der Waals surface area contributed by atoms with Gasteiger partial charge >= 0.3 is 0 Å². The van der Waals surface area contributed by atoms with Crippen LogP contribution in [0.4, 0.5) is 0 Å². The fourth-order valence-electron chi connectivity index (χ4n) is 3.33. The fourth-order valence-corrected chi connectivity index (χ4v) is 3.46. The van der Waals surface area contributed by atoms with Crippen LogP contribution in [0.15, 0.2) is 40.8 Å². The van der Waals surface area contributed by atoms with E-state index in [1.165, 1.54) is 0 Å². The Hall–Kier alpha value is -2.50. The third-order valence-corrected chi connectivity index (χ3v) is 4.91. The van der Waals surface area contributed by atoms with Crippen molar-refractivity contribution < 1.29 is 14.3 Å². The van der Waals surface area contributed by atoms with Crippen molar-refractivity contribution in [1.29, 1.82) is 0 Å². The number of rotatable bonds is 5. The number of amides is 1. The Kier molecular flexibility index (Phi) is 5.44. The lowest BCUT2D eigenvalue weighted by Crippen LogP contribution is -2.27. The molecule has 142 valence electrons. The lowest BCUT2D eigenvalue weighted by atomic mass is 10.1. The number of carbonyl (C=O) groups excluding carboxylic acids is 1. The van der Waals surface area contributed by atoms with Gasteiger partial charge in [0.2, 0.25) is 0 Å². The predicted molar refractivity (Wildman–Crippen MR) is 106 cm³/mol. The summed E-state index contributed by atoms with van der Waals surface area (Å²) >= 11 is 5.92. The number of aliphatic hydroxyl groups excluding tert-OH is 1. The van der Waals surface area contributed by atoms with Gasteiger partial charge in [0.1, 0.15) is 17.2 Å². The van der Waals surface area contributed by atoms with Crippen LogP contribution < -0.4 is 0 Å². The van der Waals surface area contributed by atoms with E-state index in [1.807, 2.05) is 50.2 Å². The van der Waals surface area contributed by atoms with Gasteiger partial charge in [0.05, 0.1) is 12.6 Å². The molecule has 0 radical (unpaired) electrons. The van der Waals surface area contributed by atoms with Crippen molar-refractivity contribution in [1.82, 2.24) is 9.88 Å². The van der Waals surface area contributed by atoms with Gasteiger partial charge in [-0.2, -0.15) is 0 Å². The molecule has 2 N–H and O–H groups in total. The molecule has 0 fully saturated rings. The molecule has 0 saturated carbocycles. The molecular formula is C21H23ClN2O3. The van der Waals surface area contributed by atoms with Crippen LogP contribution in [0.1, 0.15) is 46.1 Å². The average molecular weight is 387 g/mol. The SMILES string of the molecule is Cc1[nH]c(C(=O)N(C)Cc2ccc(-c3ccc(Cl)cc3)o2)c(C)c1[C@H](C)O. The summed E-state index contributed by atoms with van der Waals surface area (Å²) in [7, 11) is 1.73. The fraction of sp³-hybridized carbons (Fsp3) is 0.286. The number of halogens is 1. The van der Waals surface area contributed by atoms with Gasteiger partial charge in [0.15, 0.2) is 0 Å². The summed E-state index contributed by atoms with van der Waals surface area (Å²) in [6.07, 6.45) is -0.625. The van der Waals surface area contributed by atoms with Crippen LogP contribution in [0.5, 0.6) is 0 Å². The van der Waals surface area contributed by atoms with E-state index < -0.39 is 6.10 Å². The van der Waals surface area contributed by atoms with Crippen LogP contribution in [0.3, 0.4) is 0 Å². The third kappa shape index (κ3) is 3.94. The third-order valence-electron chi connectivity index (χ3n) is 4.66. The van der Waals surface area contributed by atoms with Gasteiger partial charge in [-0.15, -0.1) is 0 Å². The van der Waals surface area contributed by atoms with Crippen molar-refractivity contribution in [2.24, 2.45) is 0 Å². The van der Waals surface area contributed by atoms with Crippen molar-refractivity contribution in [3.8, 4) is 11.3 Å². The Morgan fingerprint density at radius 1 is 1.22 bits per heavy atom. The second kappa shape index (κ2) is 7.62. The number of aromatic nitrogens is 1. The molecule has 0 saturated heterocycles. The molecule has 0 aliphatic heterocycles. The molecule has 5 nitrogen and oxygen atoms in total. The van der Waals surface area contributed by atoms with Crippen LogP contribution in [0.25, 0.3) is 11.3 Å². The molecular weight excluding hydrogens is 364 g/mol. The maximum Gasteiger partial charge on any atom is 0.270 e. The number of nitrogens with zero attached hydrogens (tertiary/aromatic N) is 1. The van der Waals surface area contributed by atoms with E-state index in [9.17, 15) is 9.90 Å². The van der Waals surface area contributed by atoms with Crippen molar-refractivity contribution >= 4 is 17.5 Å². The Morgan fingerprint density at radius 2 is 1.89 bits per heavy atom. The maximum absolute atomic E-state index is 12.8. The normalized spacial score (nSPS) is 12.2. The molecule has 0 bridgehead atoms. The lowest BCUT2D eigenvalue weighted by Gasteiger charge is -2.15. The van der Waals surface area contributed by atoms with E-state index in [4.69, 9.17) is 16.0 Å². The van der Waals surface area contributed by atoms with E-state index in [-0.39, 0.29) is 5.91 Å². The highest BCUT2D eigenvalue weighted by Crippen LogP contribution is 2.27. The Bertz CT molecular complexity index is 954. The van der Waals surface area contributed by atoms with Gasteiger partial charge in [-0.3, -0.25) is 4.79 Å². The molecule has 1 aromatic carbocycles. The molecule has 1 amide bonds. The number of aryl methyl sites for hydroxylation is 1. The number of benzene rings is 1. The van der Waals surface area contributed by atoms with E-state index in [1.54, 1.807) is 18.9 Å². The number of H-pyrrole nitrogens is 1. The largest absolute Gasteiger partial charge is 0.459 e. The zero-order valence-corrected chi connectivity index (χ0v) is 16.6. The lowest BCUT2D eigenvalue weighted by molar-refractivity contribution is 0.0769. The number of carbonyl (C=O) groups is 1. The molecule has 0 spiro atoms. The first-order chi connectivity index (χ1) is 12.8. The van der Waals surface area contributed by atoms with Gasteiger partial charge < -0.3 is 19.4 Å². The molecule has 0 aliphatic carbocycles. The summed E-state index contributed by atoms with van der Waals surface area (Å²) in [6, 6.07) is 11.1. The van der Waals surface area contributed by atoms with Crippen LogP contribution in [0, 0.1) is 13.8 Å². The molecule has 3 aromatic rings. The maximum atomic E-state index is 12.8. The highest BCUT2D eigenvalue weighted by atomic mass is 35.5. The molecule has 2 heterocycles. The first-order valence-electron chi connectivity index (χ1n) is 8.75.